The zero-order valence-electron chi connectivity index (χ0n) is 11.2. The molecule has 21 heavy (non-hydrogen) atoms. The molecule has 0 spiro atoms. The van der Waals surface area contributed by atoms with E-state index in [1.54, 1.807) is 24.1 Å². The highest BCUT2D eigenvalue weighted by Gasteiger charge is 2.12. The number of non-ortho nitro benzene ring substituents is 1. The highest BCUT2D eigenvalue weighted by atomic mass is 32.2. The van der Waals surface area contributed by atoms with Crippen LogP contribution in [0, 0.1) is 10.1 Å². The number of benzene rings is 1. The van der Waals surface area contributed by atoms with Gasteiger partial charge in [-0.15, -0.1) is 11.8 Å². The first-order chi connectivity index (χ1) is 10.1. The van der Waals surface area contributed by atoms with E-state index in [0.717, 1.165) is 4.90 Å². The first-order valence-corrected chi connectivity index (χ1v) is 7.00. The molecule has 1 N–H and O–H groups in total. The highest BCUT2D eigenvalue weighted by molar-refractivity contribution is 8.00. The Hall–Kier alpha value is -2.42. The van der Waals surface area contributed by atoms with Gasteiger partial charge in [-0.1, -0.05) is 0 Å². The largest absolute Gasteiger partial charge is 0.338 e. The molecule has 0 unspecified atom stereocenters. The van der Waals surface area contributed by atoms with E-state index in [0.29, 0.717) is 12.4 Å². The summed E-state index contributed by atoms with van der Waals surface area (Å²) in [6, 6.07) is 6.11. The topological polar surface area (TPSA) is 105 Å². The Labute approximate surface area is 124 Å². The lowest BCUT2D eigenvalue weighted by Gasteiger charge is -2.15. The van der Waals surface area contributed by atoms with Gasteiger partial charge in [-0.3, -0.25) is 20.0 Å². The van der Waals surface area contributed by atoms with Gasteiger partial charge in [-0.05, 0) is 12.1 Å². The number of nitro benzene ring substituents is 1. The summed E-state index contributed by atoms with van der Waals surface area (Å²) in [5.41, 5.74) is 0.0353. The molecule has 0 aliphatic heterocycles. The van der Waals surface area contributed by atoms with Crippen LogP contribution in [0.25, 0.3) is 0 Å². The fraction of sp³-hybridized carbons (Fsp3) is 0.250. The molecule has 0 fully saturated rings. The van der Waals surface area contributed by atoms with Crippen molar-refractivity contribution in [3.8, 4) is 0 Å². The second kappa shape index (κ2) is 6.84. The van der Waals surface area contributed by atoms with E-state index in [1.165, 1.54) is 30.2 Å². The number of rotatable bonds is 6. The van der Waals surface area contributed by atoms with Gasteiger partial charge in [-0.25, -0.2) is 4.98 Å². The van der Waals surface area contributed by atoms with E-state index in [4.69, 9.17) is 0 Å². The number of amides is 1. The van der Waals surface area contributed by atoms with Crippen molar-refractivity contribution in [3.63, 3.8) is 0 Å². The van der Waals surface area contributed by atoms with Crippen molar-refractivity contribution >= 4 is 23.4 Å². The summed E-state index contributed by atoms with van der Waals surface area (Å²) in [6.45, 7) is 0.361. The number of aromatic amines is 1. The standard InChI is InChI=1S/C12H13N5O3S/c1-16(6-11-13-8-14-15-11)12(18)7-21-10-4-2-9(3-5-10)17(19)20/h2-5,8H,6-7H2,1H3,(H,13,14,15). The third-order valence-corrected chi connectivity index (χ3v) is 3.68. The molecule has 0 aliphatic carbocycles. The van der Waals surface area contributed by atoms with Crippen molar-refractivity contribution in [2.24, 2.45) is 0 Å². The quantitative estimate of drug-likeness (QED) is 0.492. The van der Waals surface area contributed by atoms with Crippen LogP contribution in [0.1, 0.15) is 5.82 Å². The molecular formula is C12H13N5O3S. The fourth-order valence-electron chi connectivity index (χ4n) is 1.54. The summed E-state index contributed by atoms with van der Waals surface area (Å²) < 4.78 is 0. The van der Waals surface area contributed by atoms with Crippen molar-refractivity contribution in [1.82, 2.24) is 20.1 Å². The molecule has 0 saturated heterocycles. The second-order valence-corrected chi connectivity index (χ2v) is 5.27. The van der Waals surface area contributed by atoms with Crippen LogP contribution in [-0.2, 0) is 11.3 Å². The summed E-state index contributed by atoms with van der Waals surface area (Å²) in [5.74, 6) is 0.809. The van der Waals surface area contributed by atoms with Crippen LogP contribution in [-0.4, -0.2) is 43.7 Å². The van der Waals surface area contributed by atoms with Crippen molar-refractivity contribution in [2.75, 3.05) is 12.8 Å². The lowest BCUT2D eigenvalue weighted by Crippen LogP contribution is -2.28. The number of nitrogens with zero attached hydrogens (tertiary/aromatic N) is 4. The third kappa shape index (κ3) is 4.28. The SMILES string of the molecule is CN(Cc1ncn[nH]1)C(=O)CSc1ccc([N+](=O)[O-])cc1. The monoisotopic (exact) mass is 307 g/mol. The fourth-order valence-corrected chi connectivity index (χ4v) is 2.38. The minimum Gasteiger partial charge on any atom is -0.338 e. The van der Waals surface area contributed by atoms with Gasteiger partial charge in [0.2, 0.25) is 5.91 Å². The maximum absolute atomic E-state index is 12.0. The van der Waals surface area contributed by atoms with Crippen LogP contribution < -0.4 is 0 Å². The zero-order valence-corrected chi connectivity index (χ0v) is 12.0. The Morgan fingerprint density at radius 3 is 2.71 bits per heavy atom. The second-order valence-electron chi connectivity index (χ2n) is 4.22. The Morgan fingerprint density at radius 2 is 2.14 bits per heavy atom. The van der Waals surface area contributed by atoms with Crippen LogP contribution in [0.2, 0.25) is 0 Å². The molecule has 0 radical (unpaired) electrons. The van der Waals surface area contributed by atoms with Crippen LogP contribution in [0.3, 0.4) is 0 Å². The maximum Gasteiger partial charge on any atom is 0.269 e. The number of carbonyl (C=O) groups excluding carboxylic acids is 1. The molecule has 1 aromatic heterocycles. The van der Waals surface area contributed by atoms with E-state index in [9.17, 15) is 14.9 Å². The minimum atomic E-state index is -0.454. The number of nitrogens with one attached hydrogen (secondary N) is 1. The molecular weight excluding hydrogens is 294 g/mol. The predicted molar refractivity (Wildman–Crippen MR) is 76.7 cm³/mol. The molecule has 9 heteroatoms. The molecule has 110 valence electrons. The molecule has 0 atom stereocenters. The van der Waals surface area contributed by atoms with Gasteiger partial charge < -0.3 is 4.90 Å². The van der Waals surface area contributed by atoms with Crippen molar-refractivity contribution < 1.29 is 9.72 Å². The third-order valence-electron chi connectivity index (χ3n) is 2.69. The van der Waals surface area contributed by atoms with Gasteiger partial charge >= 0.3 is 0 Å². The Bertz CT molecular complexity index is 614. The molecule has 0 bridgehead atoms. The summed E-state index contributed by atoms with van der Waals surface area (Å²) in [7, 11) is 1.68. The van der Waals surface area contributed by atoms with Crippen molar-refractivity contribution in [1.29, 1.82) is 0 Å². The van der Waals surface area contributed by atoms with Crippen LogP contribution in [0.15, 0.2) is 35.5 Å². The number of aromatic nitrogens is 3. The van der Waals surface area contributed by atoms with E-state index in [1.807, 2.05) is 0 Å². The summed E-state index contributed by atoms with van der Waals surface area (Å²) >= 11 is 1.33. The van der Waals surface area contributed by atoms with E-state index >= 15 is 0 Å². The Kier molecular flexibility index (Phi) is 4.88. The predicted octanol–water partition coefficient (Wildman–Crippen LogP) is 1.46. The first kappa shape index (κ1) is 15.0. The molecule has 2 aromatic rings. The van der Waals surface area contributed by atoms with Crippen LogP contribution in [0.5, 0.6) is 0 Å². The van der Waals surface area contributed by atoms with E-state index in [-0.39, 0.29) is 17.3 Å². The average Bonchev–Trinajstić information content (AvgIpc) is 2.98. The molecule has 2 rings (SSSR count). The molecule has 8 nitrogen and oxygen atoms in total. The smallest absolute Gasteiger partial charge is 0.269 e. The van der Waals surface area contributed by atoms with Gasteiger partial charge in [0, 0.05) is 24.1 Å². The summed E-state index contributed by atoms with van der Waals surface area (Å²) in [6.07, 6.45) is 1.39. The van der Waals surface area contributed by atoms with Crippen LogP contribution in [0.4, 0.5) is 5.69 Å². The number of hydrogen-bond acceptors (Lipinski definition) is 6. The number of nitro groups is 1. The number of H-pyrrole nitrogens is 1. The number of carbonyl (C=O) groups is 1. The van der Waals surface area contributed by atoms with Gasteiger partial charge in [0.1, 0.15) is 12.2 Å². The molecule has 1 amide bonds. The normalized spacial score (nSPS) is 10.3. The molecule has 1 aromatic carbocycles. The lowest BCUT2D eigenvalue weighted by atomic mass is 10.3. The van der Waals surface area contributed by atoms with Gasteiger partial charge in [-0.2, -0.15) is 5.10 Å². The van der Waals surface area contributed by atoms with Crippen molar-refractivity contribution in [2.45, 2.75) is 11.4 Å². The van der Waals surface area contributed by atoms with Crippen LogP contribution >= 0.6 is 11.8 Å². The zero-order chi connectivity index (χ0) is 15.2. The molecule has 0 aliphatic rings. The van der Waals surface area contributed by atoms with Gasteiger partial charge in [0.15, 0.2) is 0 Å². The Morgan fingerprint density at radius 1 is 1.43 bits per heavy atom. The Balaban J connectivity index is 1.84. The number of thioether (sulfide) groups is 1. The average molecular weight is 307 g/mol. The first-order valence-electron chi connectivity index (χ1n) is 6.01. The van der Waals surface area contributed by atoms with Gasteiger partial charge in [0.25, 0.3) is 5.69 Å². The van der Waals surface area contributed by atoms with E-state index in [2.05, 4.69) is 15.2 Å². The molecule has 0 saturated carbocycles. The van der Waals surface area contributed by atoms with E-state index < -0.39 is 4.92 Å². The van der Waals surface area contributed by atoms with Crippen molar-refractivity contribution in [3.05, 3.63) is 46.5 Å². The minimum absolute atomic E-state index is 0.0353. The van der Waals surface area contributed by atoms with Gasteiger partial charge in [0.05, 0.1) is 17.2 Å². The summed E-state index contributed by atoms with van der Waals surface area (Å²) in [4.78, 5) is 28.3. The highest BCUT2D eigenvalue weighted by Crippen LogP contribution is 2.21. The summed E-state index contributed by atoms with van der Waals surface area (Å²) in [5, 5.41) is 16.9. The maximum atomic E-state index is 12.0. The molecule has 1 heterocycles. The lowest BCUT2D eigenvalue weighted by molar-refractivity contribution is -0.384. The number of hydrogen-bond donors (Lipinski definition) is 1.